The molecule has 35 heavy (non-hydrogen) atoms. The number of para-hydroxylation sites is 1. The van der Waals surface area contributed by atoms with Crippen molar-refractivity contribution in [3.05, 3.63) is 86.4 Å². The first kappa shape index (κ1) is 23.9. The summed E-state index contributed by atoms with van der Waals surface area (Å²) in [5.41, 5.74) is 6.75. The van der Waals surface area contributed by atoms with Gasteiger partial charge in [0.25, 0.3) is 0 Å². The number of rotatable bonds is 4. The molecule has 4 aromatic rings. The Morgan fingerprint density at radius 2 is 1.91 bits per heavy atom. The Bertz CT molecular complexity index is 1480. The van der Waals surface area contributed by atoms with E-state index in [1.165, 1.54) is 10.4 Å². The van der Waals surface area contributed by atoms with Gasteiger partial charge in [0.2, 0.25) is 0 Å². The van der Waals surface area contributed by atoms with Gasteiger partial charge in [-0.05, 0) is 60.8 Å². The van der Waals surface area contributed by atoms with Gasteiger partial charge < -0.3 is 4.57 Å². The highest BCUT2D eigenvalue weighted by Gasteiger charge is 2.32. The summed E-state index contributed by atoms with van der Waals surface area (Å²) in [6.07, 6.45) is 5.12. The van der Waals surface area contributed by atoms with Crippen LogP contribution < -0.4 is 0 Å². The lowest BCUT2D eigenvalue weighted by atomic mass is 9.72. The predicted molar refractivity (Wildman–Crippen MR) is 148 cm³/mol. The van der Waals surface area contributed by atoms with Crippen LogP contribution in [0.3, 0.4) is 0 Å². The normalized spacial score (nSPS) is 16.1. The Labute approximate surface area is 216 Å². The average Bonchev–Trinajstić information content (AvgIpc) is 3.32. The Hall–Kier alpha value is -2.87. The first-order chi connectivity index (χ1) is 16.8. The minimum atomic E-state index is 0.276. The zero-order valence-corrected chi connectivity index (χ0v) is 22.3. The van der Waals surface area contributed by atoms with E-state index in [-0.39, 0.29) is 5.41 Å². The molecular formula is C30H30ClN3S. The highest BCUT2D eigenvalue weighted by atomic mass is 35.5. The van der Waals surface area contributed by atoms with E-state index in [9.17, 15) is 5.26 Å². The third kappa shape index (κ3) is 4.44. The molecule has 3 nitrogen and oxygen atoms in total. The molecule has 0 saturated carbocycles. The average molecular weight is 500 g/mol. The van der Waals surface area contributed by atoms with Crippen molar-refractivity contribution in [2.75, 3.05) is 0 Å². The number of hydrogen-bond acceptors (Lipinski definition) is 3. The summed E-state index contributed by atoms with van der Waals surface area (Å²) >= 11 is 8.18. The second-order valence-corrected chi connectivity index (χ2v) is 12.0. The summed E-state index contributed by atoms with van der Waals surface area (Å²) in [4.78, 5) is 6.27. The molecule has 178 valence electrons. The predicted octanol–water partition coefficient (Wildman–Crippen LogP) is 8.49. The number of aromatic nitrogens is 1. The zero-order valence-electron chi connectivity index (χ0n) is 20.7. The number of thiophene rings is 1. The number of nitrogens with zero attached hydrogens (tertiary/aromatic N) is 3. The minimum absolute atomic E-state index is 0.276. The van der Waals surface area contributed by atoms with Gasteiger partial charge in [-0.3, -0.25) is 0 Å². The van der Waals surface area contributed by atoms with E-state index < -0.39 is 0 Å². The van der Waals surface area contributed by atoms with Gasteiger partial charge in [0.15, 0.2) is 0 Å². The lowest BCUT2D eigenvalue weighted by Crippen LogP contribution is -2.26. The van der Waals surface area contributed by atoms with Gasteiger partial charge in [0, 0.05) is 44.8 Å². The van der Waals surface area contributed by atoms with E-state index in [0.29, 0.717) is 12.5 Å². The summed E-state index contributed by atoms with van der Waals surface area (Å²) in [6, 6.07) is 18.9. The molecule has 0 amide bonds. The highest BCUT2D eigenvalue weighted by molar-refractivity contribution is 7.16. The van der Waals surface area contributed by atoms with Crippen molar-refractivity contribution < 1.29 is 0 Å². The van der Waals surface area contributed by atoms with Gasteiger partial charge in [-0.15, -0.1) is 11.3 Å². The molecule has 0 fully saturated rings. The number of fused-ring (bicyclic) bond motifs is 2. The molecule has 0 N–H and O–H groups in total. The lowest BCUT2D eigenvalue weighted by Gasteiger charge is -2.33. The highest BCUT2D eigenvalue weighted by Crippen LogP contribution is 2.45. The van der Waals surface area contributed by atoms with Crippen molar-refractivity contribution in [3.8, 4) is 6.07 Å². The number of aliphatic imine (C=N–C) groups is 1. The van der Waals surface area contributed by atoms with E-state index in [1.807, 2.05) is 24.4 Å². The monoisotopic (exact) mass is 499 g/mol. The van der Waals surface area contributed by atoms with Crippen LogP contribution in [0.25, 0.3) is 10.9 Å². The SMILES string of the molecule is Cc1c(C=Nc2sc3c(c2C#N)CC[C@@H](C(C)(C)C)C3)c2ccccc2n1Cc1ccccc1Cl. The standard InChI is InChI=1S/C30H30ClN3S/c1-19-25(22-10-6-8-12-27(22)34(19)18-20-9-5-7-11-26(20)31)17-33-29-24(16-32)23-14-13-21(30(2,3)4)15-28(23)35-29/h5-12,17,21H,13-15,18H2,1-4H3/t21-/m1/s1. The van der Waals surface area contributed by atoms with Crippen LogP contribution in [0, 0.1) is 29.6 Å². The molecule has 2 heterocycles. The van der Waals surface area contributed by atoms with Gasteiger partial charge in [-0.2, -0.15) is 5.26 Å². The molecule has 2 aromatic heterocycles. The first-order valence-corrected chi connectivity index (χ1v) is 13.4. The lowest BCUT2D eigenvalue weighted by molar-refractivity contribution is 0.218. The number of nitriles is 1. The van der Waals surface area contributed by atoms with Gasteiger partial charge in [-0.1, -0.05) is 68.8 Å². The molecule has 0 bridgehead atoms. The smallest absolute Gasteiger partial charge is 0.134 e. The van der Waals surface area contributed by atoms with E-state index in [2.05, 4.69) is 68.7 Å². The Kier molecular flexibility index (Phi) is 6.34. The Balaban J connectivity index is 1.54. The number of halogens is 1. The van der Waals surface area contributed by atoms with Crippen molar-refractivity contribution >= 4 is 45.1 Å². The first-order valence-electron chi connectivity index (χ1n) is 12.2. The summed E-state index contributed by atoms with van der Waals surface area (Å²) in [5.74, 6) is 0.641. The van der Waals surface area contributed by atoms with Crippen molar-refractivity contribution in [3.63, 3.8) is 0 Å². The molecule has 0 spiro atoms. The van der Waals surface area contributed by atoms with Gasteiger partial charge in [0.1, 0.15) is 11.1 Å². The largest absolute Gasteiger partial charge is 0.340 e. The van der Waals surface area contributed by atoms with Gasteiger partial charge in [-0.25, -0.2) is 4.99 Å². The summed E-state index contributed by atoms with van der Waals surface area (Å²) < 4.78 is 2.30. The maximum absolute atomic E-state index is 9.97. The fourth-order valence-electron chi connectivity index (χ4n) is 5.26. The van der Waals surface area contributed by atoms with E-state index in [0.717, 1.165) is 62.6 Å². The van der Waals surface area contributed by atoms with Crippen LogP contribution in [-0.4, -0.2) is 10.8 Å². The van der Waals surface area contributed by atoms with Crippen LogP contribution in [0.1, 0.15) is 60.0 Å². The molecule has 5 heteroatoms. The maximum atomic E-state index is 9.97. The van der Waals surface area contributed by atoms with E-state index in [4.69, 9.17) is 16.6 Å². The molecular weight excluding hydrogens is 470 g/mol. The molecule has 0 saturated heterocycles. The third-order valence-electron chi connectivity index (χ3n) is 7.46. The second kappa shape index (κ2) is 9.30. The molecule has 5 rings (SSSR count). The third-order valence-corrected chi connectivity index (χ3v) is 8.99. The van der Waals surface area contributed by atoms with Crippen molar-refractivity contribution in [2.24, 2.45) is 16.3 Å². The van der Waals surface area contributed by atoms with Crippen LogP contribution in [0.4, 0.5) is 5.00 Å². The topological polar surface area (TPSA) is 41.1 Å². The molecule has 0 radical (unpaired) electrons. The van der Waals surface area contributed by atoms with Crippen molar-refractivity contribution in [1.29, 1.82) is 5.26 Å². The molecule has 1 atom stereocenters. The van der Waals surface area contributed by atoms with Crippen molar-refractivity contribution in [1.82, 2.24) is 4.57 Å². The Morgan fingerprint density at radius 1 is 1.17 bits per heavy atom. The van der Waals surface area contributed by atoms with Gasteiger partial charge >= 0.3 is 0 Å². The van der Waals surface area contributed by atoms with Crippen LogP contribution >= 0.6 is 22.9 Å². The quantitative estimate of drug-likeness (QED) is 0.259. The summed E-state index contributed by atoms with van der Waals surface area (Å²) in [6.45, 7) is 9.80. The fraction of sp³-hybridized carbons (Fsp3) is 0.333. The number of benzene rings is 2. The maximum Gasteiger partial charge on any atom is 0.134 e. The second-order valence-electron chi connectivity index (χ2n) is 10.6. The van der Waals surface area contributed by atoms with E-state index in [1.54, 1.807) is 11.3 Å². The van der Waals surface area contributed by atoms with Crippen LogP contribution in [0.2, 0.25) is 5.02 Å². The van der Waals surface area contributed by atoms with Crippen LogP contribution in [-0.2, 0) is 19.4 Å². The fourth-order valence-corrected chi connectivity index (χ4v) is 6.68. The van der Waals surface area contributed by atoms with Crippen molar-refractivity contribution in [2.45, 2.75) is 53.5 Å². The molecule has 0 aliphatic heterocycles. The number of hydrogen-bond donors (Lipinski definition) is 0. The molecule has 1 aliphatic carbocycles. The minimum Gasteiger partial charge on any atom is -0.340 e. The molecule has 0 unspecified atom stereocenters. The van der Waals surface area contributed by atoms with E-state index >= 15 is 0 Å². The van der Waals surface area contributed by atoms with Gasteiger partial charge in [0.05, 0.1) is 5.56 Å². The van der Waals surface area contributed by atoms with Crippen LogP contribution in [0.15, 0.2) is 53.5 Å². The summed E-state index contributed by atoms with van der Waals surface area (Å²) in [5, 5.41) is 12.7. The van der Waals surface area contributed by atoms with Crippen LogP contribution in [0.5, 0.6) is 0 Å². The molecule has 1 aliphatic rings. The Morgan fingerprint density at radius 3 is 2.66 bits per heavy atom. The molecule has 2 aromatic carbocycles. The summed E-state index contributed by atoms with van der Waals surface area (Å²) in [7, 11) is 0. The zero-order chi connectivity index (χ0) is 24.7.